The van der Waals surface area contributed by atoms with Crippen molar-refractivity contribution in [3.05, 3.63) is 95.1 Å². The molecule has 0 radical (unpaired) electrons. The maximum absolute atomic E-state index is 13.3. The number of rotatable bonds is 5. The Balaban J connectivity index is 1.40. The number of benzene rings is 3. The number of fused-ring (bicyclic) bond motifs is 1. The first-order valence-electron chi connectivity index (χ1n) is 10.7. The summed E-state index contributed by atoms with van der Waals surface area (Å²) in [4.78, 5) is 5.09. The van der Waals surface area contributed by atoms with Crippen LogP contribution in [-0.2, 0) is 16.6 Å². The van der Waals surface area contributed by atoms with Crippen molar-refractivity contribution in [3.8, 4) is 0 Å². The van der Waals surface area contributed by atoms with Crippen molar-refractivity contribution in [3.63, 3.8) is 0 Å². The summed E-state index contributed by atoms with van der Waals surface area (Å²) in [5.41, 5.74) is 3.12. The van der Waals surface area contributed by atoms with Crippen molar-refractivity contribution >= 4 is 42.5 Å². The lowest BCUT2D eigenvalue weighted by Gasteiger charge is -2.36. The maximum Gasteiger partial charge on any atom is 0.269 e. The minimum absolute atomic E-state index is 0.262. The Morgan fingerprint density at radius 3 is 2.25 bits per heavy atom. The van der Waals surface area contributed by atoms with Gasteiger partial charge in [-0.2, -0.15) is 0 Å². The van der Waals surface area contributed by atoms with Gasteiger partial charge >= 0.3 is 0 Å². The molecule has 1 aliphatic heterocycles. The van der Waals surface area contributed by atoms with Gasteiger partial charge in [0.2, 0.25) is 0 Å². The number of nitrogens with zero attached hydrogens (tertiary/aromatic N) is 3. The highest BCUT2D eigenvalue weighted by atomic mass is 79.9. The summed E-state index contributed by atoms with van der Waals surface area (Å²) in [7, 11) is -3.70. The summed E-state index contributed by atoms with van der Waals surface area (Å²) in [6.45, 7) is 4.73. The van der Waals surface area contributed by atoms with Crippen LogP contribution in [0.2, 0.25) is 0 Å². The van der Waals surface area contributed by atoms with Crippen LogP contribution in [0.15, 0.2) is 94.4 Å². The van der Waals surface area contributed by atoms with E-state index in [-0.39, 0.29) is 4.90 Å². The van der Waals surface area contributed by atoms with Crippen LogP contribution in [-0.4, -0.2) is 43.5 Å². The Kier molecular flexibility index (Phi) is 5.80. The van der Waals surface area contributed by atoms with Crippen LogP contribution in [0.4, 0.5) is 5.69 Å². The van der Waals surface area contributed by atoms with Crippen LogP contribution in [0.1, 0.15) is 5.56 Å². The molecule has 0 amide bonds. The second kappa shape index (κ2) is 8.73. The average Bonchev–Trinajstić information content (AvgIpc) is 3.26. The normalized spacial score (nSPS) is 15.3. The first kappa shape index (κ1) is 21.2. The fraction of sp³-hybridized carbons (Fsp3) is 0.200. The van der Waals surface area contributed by atoms with Gasteiger partial charge in [-0.3, -0.25) is 4.90 Å². The molecule has 0 N–H and O–H groups in total. The molecule has 7 heteroatoms. The van der Waals surface area contributed by atoms with Gasteiger partial charge in [0.1, 0.15) is 4.90 Å². The Hall–Kier alpha value is -2.61. The minimum Gasteiger partial charge on any atom is -0.368 e. The highest BCUT2D eigenvalue weighted by Gasteiger charge is 2.24. The number of hydrogen-bond donors (Lipinski definition) is 0. The first-order chi connectivity index (χ1) is 15.5. The molecule has 5 rings (SSSR count). The van der Waals surface area contributed by atoms with E-state index in [1.807, 2.05) is 30.3 Å². The van der Waals surface area contributed by atoms with Crippen LogP contribution in [0.5, 0.6) is 0 Å². The molecular weight excluding hydrogens is 486 g/mol. The van der Waals surface area contributed by atoms with E-state index in [2.05, 4.69) is 56.1 Å². The van der Waals surface area contributed by atoms with Crippen LogP contribution >= 0.6 is 15.9 Å². The van der Waals surface area contributed by atoms with E-state index >= 15 is 0 Å². The second-order valence-corrected chi connectivity index (χ2v) is 10.6. The van der Waals surface area contributed by atoms with Gasteiger partial charge in [0, 0.05) is 54.5 Å². The summed E-state index contributed by atoms with van der Waals surface area (Å²) in [6, 6.07) is 25.3. The summed E-state index contributed by atoms with van der Waals surface area (Å²) >= 11 is 3.38. The van der Waals surface area contributed by atoms with Crippen molar-refractivity contribution in [2.75, 3.05) is 31.1 Å². The molecule has 4 aromatic rings. The van der Waals surface area contributed by atoms with Gasteiger partial charge in [-0.15, -0.1) is 0 Å². The van der Waals surface area contributed by atoms with Gasteiger partial charge in [0.25, 0.3) is 10.0 Å². The predicted octanol–water partition coefficient (Wildman–Crippen LogP) is 4.96. The van der Waals surface area contributed by atoms with Gasteiger partial charge in [-0.05, 0) is 51.8 Å². The predicted molar refractivity (Wildman–Crippen MR) is 133 cm³/mol. The highest BCUT2D eigenvalue weighted by Crippen LogP contribution is 2.32. The van der Waals surface area contributed by atoms with Crippen molar-refractivity contribution < 1.29 is 8.42 Å². The fourth-order valence-corrected chi connectivity index (χ4v) is 6.68. The zero-order chi connectivity index (χ0) is 22.1. The standard InChI is InChI=1S/C25H24BrN3O2S/c26-22-9-4-5-12-25(22)32(30,31)29-14-13-21-23(10-6-11-24(21)29)28-17-15-27(16-18-28)19-20-7-2-1-3-8-20/h1-14H,15-19H2. The molecular formula is C25H24BrN3O2S. The lowest BCUT2D eigenvalue weighted by molar-refractivity contribution is 0.250. The molecule has 0 bridgehead atoms. The smallest absolute Gasteiger partial charge is 0.269 e. The maximum atomic E-state index is 13.3. The van der Waals surface area contributed by atoms with Crippen molar-refractivity contribution in [2.45, 2.75) is 11.4 Å². The molecule has 1 aromatic heterocycles. The molecule has 0 saturated carbocycles. The van der Waals surface area contributed by atoms with E-state index in [1.165, 1.54) is 9.54 Å². The van der Waals surface area contributed by atoms with Gasteiger partial charge in [-0.1, -0.05) is 48.5 Å². The topological polar surface area (TPSA) is 45.6 Å². The highest BCUT2D eigenvalue weighted by molar-refractivity contribution is 9.10. The van der Waals surface area contributed by atoms with Gasteiger partial charge in [0.05, 0.1) is 5.52 Å². The van der Waals surface area contributed by atoms with E-state index in [9.17, 15) is 8.42 Å². The third kappa shape index (κ3) is 3.96. The van der Waals surface area contributed by atoms with Gasteiger partial charge in [0.15, 0.2) is 0 Å². The Labute approximate surface area is 197 Å². The number of halogens is 1. The minimum atomic E-state index is -3.70. The summed E-state index contributed by atoms with van der Waals surface area (Å²) in [5.74, 6) is 0. The van der Waals surface area contributed by atoms with Crippen LogP contribution < -0.4 is 4.90 Å². The van der Waals surface area contributed by atoms with Crippen LogP contribution in [0.25, 0.3) is 10.9 Å². The van der Waals surface area contributed by atoms with E-state index in [0.717, 1.165) is 43.8 Å². The lowest BCUT2D eigenvalue weighted by atomic mass is 10.1. The molecule has 3 aromatic carbocycles. The van der Waals surface area contributed by atoms with Crippen molar-refractivity contribution in [1.82, 2.24) is 8.87 Å². The molecule has 0 unspecified atom stereocenters. The molecule has 32 heavy (non-hydrogen) atoms. The van der Waals surface area contributed by atoms with E-state index in [4.69, 9.17) is 0 Å². The van der Waals surface area contributed by atoms with E-state index in [0.29, 0.717) is 9.99 Å². The Morgan fingerprint density at radius 1 is 0.781 bits per heavy atom. The molecule has 1 aliphatic rings. The third-order valence-corrected chi connectivity index (χ3v) is 8.71. The summed E-state index contributed by atoms with van der Waals surface area (Å²) in [6.07, 6.45) is 1.66. The van der Waals surface area contributed by atoms with E-state index < -0.39 is 10.0 Å². The van der Waals surface area contributed by atoms with Crippen LogP contribution in [0.3, 0.4) is 0 Å². The molecule has 0 atom stereocenters. The number of piperazine rings is 1. The lowest BCUT2D eigenvalue weighted by Crippen LogP contribution is -2.46. The van der Waals surface area contributed by atoms with Crippen molar-refractivity contribution in [1.29, 1.82) is 0 Å². The van der Waals surface area contributed by atoms with Gasteiger partial charge in [-0.25, -0.2) is 12.4 Å². The fourth-order valence-electron chi connectivity index (χ4n) is 4.36. The monoisotopic (exact) mass is 509 g/mol. The van der Waals surface area contributed by atoms with Gasteiger partial charge < -0.3 is 4.90 Å². The quantitative estimate of drug-likeness (QED) is 0.381. The molecule has 164 valence electrons. The molecule has 1 fully saturated rings. The molecule has 2 heterocycles. The zero-order valence-corrected chi connectivity index (χ0v) is 20.0. The molecule has 0 spiro atoms. The average molecular weight is 510 g/mol. The summed E-state index contributed by atoms with van der Waals surface area (Å²) in [5, 5.41) is 0.958. The number of hydrogen-bond acceptors (Lipinski definition) is 4. The number of aromatic nitrogens is 1. The Bertz CT molecular complexity index is 1340. The van der Waals surface area contributed by atoms with E-state index in [1.54, 1.807) is 24.4 Å². The number of anilines is 1. The zero-order valence-electron chi connectivity index (χ0n) is 17.6. The SMILES string of the molecule is O=S(=O)(c1ccccc1Br)n1ccc2c(N3CCN(Cc4ccccc4)CC3)cccc21. The first-order valence-corrected chi connectivity index (χ1v) is 12.9. The molecule has 1 saturated heterocycles. The second-order valence-electron chi connectivity index (χ2n) is 8.01. The van der Waals surface area contributed by atoms with Crippen molar-refractivity contribution in [2.24, 2.45) is 0 Å². The van der Waals surface area contributed by atoms with Crippen LogP contribution in [0, 0.1) is 0 Å². The molecule has 5 nitrogen and oxygen atoms in total. The Morgan fingerprint density at radius 2 is 1.50 bits per heavy atom. The third-order valence-electron chi connectivity index (χ3n) is 6.01. The molecule has 0 aliphatic carbocycles. The largest absolute Gasteiger partial charge is 0.368 e. The summed E-state index contributed by atoms with van der Waals surface area (Å²) < 4.78 is 28.6.